The predicted octanol–water partition coefficient (Wildman–Crippen LogP) is 2.88. The highest BCUT2D eigenvalue weighted by molar-refractivity contribution is 5.44. The highest BCUT2D eigenvalue weighted by atomic mass is 14.6. The molecule has 1 atom stereocenters. The van der Waals surface area contributed by atoms with Crippen LogP contribution in [0.3, 0.4) is 0 Å². The van der Waals surface area contributed by atoms with Gasteiger partial charge in [-0.2, -0.15) is 5.26 Å². The number of nitriles is 1. The van der Waals surface area contributed by atoms with Gasteiger partial charge in [0.1, 0.15) is 0 Å². The maximum Gasteiger partial charge on any atom is 0.0879 e. The Kier molecular flexibility index (Phi) is 1.51. The molecule has 1 aromatic rings. The molecule has 66 valence electrons. The number of benzene rings is 1. The second-order valence-corrected chi connectivity index (χ2v) is 4.44. The average Bonchev–Trinajstić information content (AvgIpc) is 2.72. The van der Waals surface area contributed by atoms with Crippen LogP contribution in [0.4, 0.5) is 0 Å². The van der Waals surface area contributed by atoms with Crippen molar-refractivity contribution in [1.29, 1.82) is 5.26 Å². The van der Waals surface area contributed by atoms with Crippen molar-refractivity contribution in [3.63, 3.8) is 0 Å². The maximum absolute atomic E-state index is 9.20. The zero-order valence-electron chi connectivity index (χ0n) is 8.04. The molecule has 1 aliphatic rings. The summed E-state index contributed by atoms with van der Waals surface area (Å²) in [6.45, 7) is 4.31. The summed E-state index contributed by atoms with van der Waals surface area (Å²) in [7, 11) is 0. The van der Waals surface area contributed by atoms with Crippen molar-refractivity contribution >= 4 is 0 Å². The normalized spacial score (nSPS) is 29.3. The van der Waals surface area contributed by atoms with Gasteiger partial charge in [-0.1, -0.05) is 44.2 Å². The van der Waals surface area contributed by atoms with Crippen molar-refractivity contribution < 1.29 is 0 Å². The molecular formula is C12H13N. The molecule has 1 heteroatoms. The molecule has 13 heavy (non-hydrogen) atoms. The molecule has 0 amide bonds. The molecule has 1 saturated carbocycles. The van der Waals surface area contributed by atoms with Crippen molar-refractivity contribution in [3.05, 3.63) is 35.9 Å². The van der Waals surface area contributed by atoms with Crippen LogP contribution in [0.25, 0.3) is 0 Å². The number of hydrogen-bond acceptors (Lipinski definition) is 1. The van der Waals surface area contributed by atoms with Gasteiger partial charge in [-0.05, 0) is 17.4 Å². The second-order valence-electron chi connectivity index (χ2n) is 4.44. The minimum absolute atomic E-state index is 0.156. The van der Waals surface area contributed by atoms with Gasteiger partial charge in [0.15, 0.2) is 0 Å². The molecule has 0 aromatic heterocycles. The standard InChI is InChI=1S/C12H13N/c1-11(2)8-12(11,9-13)10-6-4-3-5-7-10/h3-7H,8H2,1-2H3. The lowest BCUT2D eigenvalue weighted by molar-refractivity contribution is 0.570. The lowest BCUT2D eigenvalue weighted by atomic mass is 9.89. The van der Waals surface area contributed by atoms with Crippen LogP contribution in [0, 0.1) is 16.7 Å². The van der Waals surface area contributed by atoms with E-state index in [4.69, 9.17) is 0 Å². The highest BCUT2D eigenvalue weighted by Gasteiger charge is 2.62. The second kappa shape index (κ2) is 2.35. The molecular weight excluding hydrogens is 158 g/mol. The van der Waals surface area contributed by atoms with Crippen molar-refractivity contribution in [3.8, 4) is 6.07 Å². The van der Waals surface area contributed by atoms with E-state index >= 15 is 0 Å². The zero-order valence-corrected chi connectivity index (χ0v) is 8.04. The Morgan fingerprint density at radius 2 is 1.77 bits per heavy atom. The Balaban J connectivity index is 2.44. The minimum Gasteiger partial charge on any atom is -0.197 e. The van der Waals surface area contributed by atoms with Gasteiger partial charge in [-0.15, -0.1) is 0 Å². The zero-order chi connectivity index (χ0) is 9.53. The van der Waals surface area contributed by atoms with Gasteiger partial charge in [0.2, 0.25) is 0 Å². The molecule has 0 saturated heterocycles. The fraction of sp³-hybridized carbons (Fsp3) is 0.417. The average molecular weight is 171 g/mol. The predicted molar refractivity (Wildman–Crippen MR) is 52.1 cm³/mol. The van der Waals surface area contributed by atoms with Gasteiger partial charge in [-0.25, -0.2) is 0 Å². The summed E-state index contributed by atoms with van der Waals surface area (Å²) >= 11 is 0. The Morgan fingerprint density at radius 1 is 1.23 bits per heavy atom. The Hall–Kier alpha value is -1.29. The van der Waals surface area contributed by atoms with Gasteiger partial charge < -0.3 is 0 Å². The van der Waals surface area contributed by atoms with Gasteiger partial charge in [0.05, 0.1) is 11.5 Å². The fourth-order valence-corrected chi connectivity index (χ4v) is 2.09. The summed E-state index contributed by atoms with van der Waals surface area (Å²) in [6, 6.07) is 12.6. The molecule has 1 aromatic carbocycles. The first-order valence-corrected chi connectivity index (χ1v) is 4.59. The van der Waals surface area contributed by atoms with E-state index in [0.717, 1.165) is 6.42 Å². The summed E-state index contributed by atoms with van der Waals surface area (Å²) in [4.78, 5) is 0. The number of hydrogen-bond donors (Lipinski definition) is 0. The molecule has 1 unspecified atom stereocenters. The summed E-state index contributed by atoms with van der Waals surface area (Å²) in [5.74, 6) is 0. The van der Waals surface area contributed by atoms with Crippen LogP contribution in [0.1, 0.15) is 25.8 Å². The molecule has 0 N–H and O–H groups in total. The quantitative estimate of drug-likeness (QED) is 0.637. The van der Waals surface area contributed by atoms with Crippen LogP contribution in [0.5, 0.6) is 0 Å². The van der Waals surface area contributed by atoms with E-state index in [0.29, 0.717) is 0 Å². The van der Waals surface area contributed by atoms with Gasteiger partial charge in [0, 0.05) is 0 Å². The molecule has 1 aliphatic carbocycles. The van der Waals surface area contributed by atoms with Gasteiger partial charge in [-0.3, -0.25) is 0 Å². The highest BCUT2D eigenvalue weighted by Crippen LogP contribution is 2.63. The summed E-state index contributed by atoms with van der Waals surface area (Å²) in [6.07, 6.45) is 0.987. The molecule has 2 rings (SSSR count). The Bertz CT molecular complexity index is 358. The third kappa shape index (κ3) is 0.986. The molecule has 0 radical (unpaired) electrons. The molecule has 0 spiro atoms. The molecule has 0 bridgehead atoms. The lowest BCUT2D eigenvalue weighted by Gasteiger charge is -2.11. The topological polar surface area (TPSA) is 23.8 Å². The van der Waals surface area contributed by atoms with Crippen LogP contribution < -0.4 is 0 Å². The molecule has 0 aliphatic heterocycles. The fourth-order valence-electron chi connectivity index (χ4n) is 2.09. The van der Waals surface area contributed by atoms with E-state index in [-0.39, 0.29) is 10.8 Å². The first-order chi connectivity index (χ1) is 6.12. The van der Waals surface area contributed by atoms with Crippen LogP contribution in [0.15, 0.2) is 30.3 Å². The van der Waals surface area contributed by atoms with Crippen LogP contribution in [-0.2, 0) is 5.41 Å². The summed E-state index contributed by atoms with van der Waals surface area (Å²) in [5.41, 5.74) is 1.11. The summed E-state index contributed by atoms with van der Waals surface area (Å²) < 4.78 is 0. The smallest absolute Gasteiger partial charge is 0.0879 e. The van der Waals surface area contributed by atoms with Gasteiger partial charge in [0.25, 0.3) is 0 Å². The SMILES string of the molecule is CC1(C)CC1(C#N)c1ccccc1. The van der Waals surface area contributed by atoms with E-state index in [9.17, 15) is 5.26 Å². The first-order valence-electron chi connectivity index (χ1n) is 4.59. The molecule has 0 heterocycles. The van der Waals surface area contributed by atoms with Crippen molar-refractivity contribution in [1.82, 2.24) is 0 Å². The van der Waals surface area contributed by atoms with Crippen molar-refractivity contribution in [2.45, 2.75) is 25.7 Å². The first kappa shape index (κ1) is 8.31. The Morgan fingerprint density at radius 3 is 2.15 bits per heavy atom. The molecule has 1 nitrogen and oxygen atoms in total. The number of rotatable bonds is 1. The van der Waals surface area contributed by atoms with E-state index < -0.39 is 0 Å². The third-order valence-corrected chi connectivity index (χ3v) is 3.19. The largest absolute Gasteiger partial charge is 0.197 e. The van der Waals surface area contributed by atoms with E-state index in [2.05, 4.69) is 32.0 Å². The van der Waals surface area contributed by atoms with Crippen LogP contribution in [-0.4, -0.2) is 0 Å². The minimum atomic E-state index is -0.214. The van der Waals surface area contributed by atoms with Crippen molar-refractivity contribution in [2.24, 2.45) is 5.41 Å². The summed E-state index contributed by atoms with van der Waals surface area (Å²) in [5, 5.41) is 9.20. The van der Waals surface area contributed by atoms with E-state index in [1.54, 1.807) is 0 Å². The monoisotopic (exact) mass is 171 g/mol. The third-order valence-electron chi connectivity index (χ3n) is 3.19. The van der Waals surface area contributed by atoms with Crippen LogP contribution >= 0.6 is 0 Å². The number of nitrogens with zero attached hydrogens (tertiary/aromatic N) is 1. The van der Waals surface area contributed by atoms with Crippen molar-refractivity contribution in [2.75, 3.05) is 0 Å². The lowest BCUT2D eigenvalue weighted by Crippen LogP contribution is -2.11. The van der Waals surface area contributed by atoms with Crippen LogP contribution in [0.2, 0.25) is 0 Å². The molecule has 1 fully saturated rings. The van der Waals surface area contributed by atoms with E-state index in [1.165, 1.54) is 5.56 Å². The Labute approximate surface area is 79.0 Å². The van der Waals surface area contributed by atoms with Gasteiger partial charge >= 0.3 is 0 Å². The maximum atomic E-state index is 9.20. The van der Waals surface area contributed by atoms with E-state index in [1.807, 2.05) is 18.2 Å².